The predicted octanol–water partition coefficient (Wildman–Crippen LogP) is 9.02. The fourth-order valence-electron chi connectivity index (χ4n) is 4.80. The van der Waals surface area contributed by atoms with Crippen LogP contribution in [0, 0.1) is 0 Å². The zero-order valence-electron chi connectivity index (χ0n) is 24.7. The standard InChI is InChI=1S/C34H31ClF3N5O2/c1-3-43(4-2)25-11-8-23(9-12-25)31-21-40-33(42-31)30-20-27(17-18-39-30)45-26-13-5-22(6-14-26)7-16-32(44)41-24-10-15-29(35)28(19-24)34(36,37)38/h5-6,8-15,17-21H,3-4,7,16H2,1-2H3,(H,40,42)(H,41,44). The summed E-state index contributed by atoms with van der Waals surface area (Å²) < 4.78 is 45.3. The van der Waals surface area contributed by atoms with Gasteiger partial charge in [-0.25, -0.2) is 4.98 Å². The Hall–Kier alpha value is -4.83. The summed E-state index contributed by atoms with van der Waals surface area (Å²) in [5.74, 6) is 1.38. The van der Waals surface area contributed by atoms with Crippen LogP contribution in [0.2, 0.25) is 5.02 Å². The SMILES string of the molecule is CCN(CC)c1ccc(-c2cnc(-c3cc(Oc4ccc(CCC(=O)Nc5ccc(Cl)c(C(F)(F)F)c5)cc4)ccn3)[nH]2)cc1. The monoisotopic (exact) mass is 633 g/mol. The topological polar surface area (TPSA) is 83.1 Å². The summed E-state index contributed by atoms with van der Waals surface area (Å²) in [7, 11) is 0. The number of rotatable bonds is 11. The van der Waals surface area contributed by atoms with Gasteiger partial charge in [0.05, 0.1) is 22.5 Å². The van der Waals surface area contributed by atoms with Crippen LogP contribution in [0.4, 0.5) is 24.5 Å². The van der Waals surface area contributed by atoms with Crippen molar-refractivity contribution in [1.29, 1.82) is 0 Å². The first-order chi connectivity index (χ1) is 21.6. The van der Waals surface area contributed by atoms with Crippen molar-refractivity contribution in [3.63, 3.8) is 0 Å². The molecule has 232 valence electrons. The summed E-state index contributed by atoms with van der Waals surface area (Å²) in [6.07, 6.45) is -0.698. The minimum Gasteiger partial charge on any atom is -0.457 e. The van der Waals surface area contributed by atoms with E-state index in [-0.39, 0.29) is 12.1 Å². The van der Waals surface area contributed by atoms with Crippen molar-refractivity contribution in [2.45, 2.75) is 32.9 Å². The summed E-state index contributed by atoms with van der Waals surface area (Å²) in [5, 5.41) is 2.08. The van der Waals surface area contributed by atoms with E-state index in [0.717, 1.165) is 42.0 Å². The van der Waals surface area contributed by atoms with Crippen LogP contribution >= 0.6 is 11.6 Å². The average Bonchev–Trinajstić information content (AvgIpc) is 3.53. The molecular formula is C34H31ClF3N5O2. The highest BCUT2D eigenvalue weighted by Crippen LogP contribution is 2.36. The number of H-pyrrole nitrogens is 1. The van der Waals surface area contributed by atoms with Gasteiger partial charge in [0.1, 0.15) is 17.2 Å². The molecule has 5 aromatic rings. The summed E-state index contributed by atoms with van der Waals surface area (Å²) >= 11 is 5.65. The van der Waals surface area contributed by atoms with Crippen LogP contribution in [-0.2, 0) is 17.4 Å². The third-order valence-electron chi connectivity index (χ3n) is 7.21. The molecule has 5 rings (SSSR count). The second-order valence-electron chi connectivity index (χ2n) is 10.2. The number of alkyl halides is 3. The number of benzene rings is 3. The molecule has 1 amide bonds. The molecule has 0 spiro atoms. The van der Waals surface area contributed by atoms with Crippen molar-refractivity contribution in [1.82, 2.24) is 15.0 Å². The van der Waals surface area contributed by atoms with Crippen LogP contribution in [0.1, 0.15) is 31.4 Å². The van der Waals surface area contributed by atoms with Gasteiger partial charge in [-0.1, -0.05) is 35.9 Å². The first-order valence-corrected chi connectivity index (χ1v) is 14.8. The summed E-state index contributed by atoms with van der Waals surface area (Å²) in [5.41, 5.74) is 3.62. The van der Waals surface area contributed by atoms with E-state index in [4.69, 9.17) is 16.3 Å². The number of imidazole rings is 1. The Labute approximate surface area is 264 Å². The molecule has 0 saturated carbocycles. The maximum atomic E-state index is 13.1. The molecule has 0 aliphatic rings. The van der Waals surface area contributed by atoms with E-state index in [1.807, 2.05) is 12.1 Å². The van der Waals surface area contributed by atoms with E-state index in [1.54, 1.807) is 36.7 Å². The zero-order chi connectivity index (χ0) is 32.0. The van der Waals surface area contributed by atoms with Crippen molar-refractivity contribution in [2.24, 2.45) is 0 Å². The molecule has 0 atom stereocenters. The molecule has 0 radical (unpaired) electrons. The summed E-state index contributed by atoms with van der Waals surface area (Å²) in [6, 6.07) is 22.4. The molecule has 7 nitrogen and oxygen atoms in total. The lowest BCUT2D eigenvalue weighted by Gasteiger charge is -2.21. The predicted molar refractivity (Wildman–Crippen MR) is 171 cm³/mol. The van der Waals surface area contributed by atoms with E-state index in [0.29, 0.717) is 29.4 Å². The van der Waals surface area contributed by atoms with Crippen LogP contribution in [0.5, 0.6) is 11.5 Å². The largest absolute Gasteiger partial charge is 0.457 e. The number of ether oxygens (including phenoxy) is 1. The quantitative estimate of drug-likeness (QED) is 0.152. The molecule has 2 N–H and O–H groups in total. The van der Waals surface area contributed by atoms with Crippen molar-refractivity contribution in [3.05, 3.63) is 107 Å². The average molecular weight is 634 g/mol. The smallest absolute Gasteiger partial charge is 0.417 e. The molecule has 0 aliphatic carbocycles. The molecule has 0 saturated heterocycles. The zero-order valence-corrected chi connectivity index (χ0v) is 25.4. The minimum atomic E-state index is -4.61. The number of aryl methyl sites for hydroxylation is 1. The second-order valence-corrected chi connectivity index (χ2v) is 10.6. The van der Waals surface area contributed by atoms with Crippen LogP contribution < -0.4 is 15.0 Å². The van der Waals surface area contributed by atoms with Crippen molar-refractivity contribution < 1.29 is 22.7 Å². The van der Waals surface area contributed by atoms with Crippen molar-refractivity contribution in [2.75, 3.05) is 23.3 Å². The molecule has 2 heterocycles. The molecule has 0 bridgehead atoms. The van der Waals surface area contributed by atoms with E-state index in [9.17, 15) is 18.0 Å². The van der Waals surface area contributed by atoms with E-state index < -0.39 is 22.7 Å². The highest BCUT2D eigenvalue weighted by atomic mass is 35.5. The number of aromatic nitrogens is 3. The van der Waals surface area contributed by atoms with Gasteiger partial charge in [-0.2, -0.15) is 13.2 Å². The van der Waals surface area contributed by atoms with Gasteiger partial charge in [-0.05, 0) is 79.9 Å². The number of halogens is 4. The number of carbonyl (C=O) groups excluding carboxylic acids is 1. The Balaban J connectivity index is 1.17. The van der Waals surface area contributed by atoms with E-state index >= 15 is 0 Å². The maximum absolute atomic E-state index is 13.1. The maximum Gasteiger partial charge on any atom is 0.417 e. The highest BCUT2D eigenvalue weighted by Gasteiger charge is 2.33. The normalized spacial score (nSPS) is 11.3. The number of hydrogen-bond acceptors (Lipinski definition) is 5. The number of nitrogens with zero attached hydrogens (tertiary/aromatic N) is 3. The molecule has 45 heavy (non-hydrogen) atoms. The number of hydrogen-bond donors (Lipinski definition) is 2. The Morgan fingerprint density at radius 1 is 0.933 bits per heavy atom. The van der Waals surface area contributed by atoms with Gasteiger partial charge in [0.25, 0.3) is 0 Å². The van der Waals surface area contributed by atoms with Gasteiger partial charge < -0.3 is 19.9 Å². The van der Waals surface area contributed by atoms with Crippen LogP contribution in [0.3, 0.4) is 0 Å². The van der Waals surface area contributed by atoms with Crippen LogP contribution in [0.15, 0.2) is 91.3 Å². The van der Waals surface area contributed by atoms with E-state index in [1.165, 1.54) is 11.8 Å². The van der Waals surface area contributed by atoms with Crippen LogP contribution in [-0.4, -0.2) is 33.9 Å². The Morgan fingerprint density at radius 3 is 2.36 bits per heavy atom. The lowest BCUT2D eigenvalue weighted by atomic mass is 10.1. The summed E-state index contributed by atoms with van der Waals surface area (Å²) in [4.78, 5) is 27.0. The number of carbonyl (C=O) groups is 1. The highest BCUT2D eigenvalue weighted by molar-refractivity contribution is 6.31. The lowest BCUT2D eigenvalue weighted by molar-refractivity contribution is -0.137. The fourth-order valence-corrected chi connectivity index (χ4v) is 5.03. The Bertz CT molecular complexity index is 1750. The van der Waals surface area contributed by atoms with Gasteiger partial charge in [0, 0.05) is 43.1 Å². The van der Waals surface area contributed by atoms with Gasteiger partial charge in [-0.3, -0.25) is 9.78 Å². The van der Waals surface area contributed by atoms with Crippen molar-refractivity contribution in [3.8, 4) is 34.3 Å². The second kappa shape index (κ2) is 13.9. The molecular weight excluding hydrogens is 603 g/mol. The summed E-state index contributed by atoms with van der Waals surface area (Å²) in [6.45, 7) is 6.17. The Kier molecular flexibility index (Phi) is 9.73. The number of aromatic amines is 1. The lowest BCUT2D eigenvalue weighted by Crippen LogP contribution is -2.21. The molecule has 3 aromatic carbocycles. The number of nitrogens with one attached hydrogen (secondary N) is 2. The fraction of sp³-hybridized carbons (Fsp3) is 0.206. The van der Waals surface area contributed by atoms with Crippen molar-refractivity contribution >= 4 is 28.9 Å². The molecule has 0 aliphatic heterocycles. The van der Waals surface area contributed by atoms with Gasteiger partial charge in [0.2, 0.25) is 5.91 Å². The number of pyridine rings is 1. The third-order valence-corrected chi connectivity index (χ3v) is 7.54. The van der Waals surface area contributed by atoms with Gasteiger partial charge in [0.15, 0.2) is 5.82 Å². The third kappa shape index (κ3) is 8.02. The van der Waals surface area contributed by atoms with E-state index in [2.05, 4.69) is 63.3 Å². The molecule has 2 aromatic heterocycles. The van der Waals surface area contributed by atoms with Crippen LogP contribution in [0.25, 0.3) is 22.8 Å². The number of anilines is 2. The first-order valence-electron chi connectivity index (χ1n) is 14.4. The molecule has 0 unspecified atom stereocenters. The Morgan fingerprint density at radius 2 is 1.67 bits per heavy atom. The van der Waals surface area contributed by atoms with Gasteiger partial charge in [-0.15, -0.1) is 0 Å². The molecule has 11 heteroatoms. The minimum absolute atomic E-state index is 0.0347. The van der Waals surface area contributed by atoms with Gasteiger partial charge >= 0.3 is 6.18 Å². The first kappa shape index (κ1) is 31.6. The molecule has 0 fully saturated rings. The number of amides is 1.